The maximum atomic E-state index is 13.5. The van der Waals surface area contributed by atoms with E-state index in [0.717, 1.165) is 36.4 Å². The van der Waals surface area contributed by atoms with E-state index in [1.807, 2.05) is 0 Å². The number of phenols is 7. The Bertz CT molecular complexity index is 1940. The summed E-state index contributed by atoms with van der Waals surface area (Å²) in [6.07, 6.45) is -1.25. The van der Waals surface area contributed by atoms with Crippen LogP contribution in [0.25, 0.3) is 16.8 Å². The van der Waals surface area contributed by atoms with Crippen LogP contribution in [0.15, 0.2) is 53.3 Å². The molecule has 0 bridgehead atoms. The van der Waals surface area contributed by atoms with E-state index in [2.05, 4.69) is 0 Å². The summed E-state index contributed by atoms with van der Waals surface area (Å²) in [5.74, 6) is -8.47. The van der Waals surface area contributed by atoms with Gasteiger partial charge in [0.05, 0.1) is 10.9 Å². The second kappa shape index (κ2) is 10.8. The number of ether oxygens (including phenoxy) is 2. The Balaban J connectivity index is 1.64. The molecule has 5 rings (SSSR count). The largest absolute Gasteiger partial charge is 0.508 e. The molecule has 44 heavy (non-hydrogen) atoms. The highest BCUT2D eigenvalue weighted by molar-refractivity contribution is 6.04. The Morgan fingerprint density at radius 1 is 0.795 bits per heavy atom. The smallest absolute Gasteiger partial charge is 0.338 e. The Hall–Kier alpha value is -6.31. The Morgan fingerprint density at radius 3 is 2.11 bits per heavy atom. The van der Waals surface area contributed by atoms with Crippen LogP contribution in [0.2, 0.25) is 0 Å². The summed E-state index contributed by atoms with van der Waals surface area (Å²) in [6, 6.07) is 6.87. The average Bonchev–Trinajstić information content (AvgIpc) is 3.08. The van der Waals surface area contributed by atoms with Crippen molar-refractivity contribution in [1.29, 1.82) is 0 Å². The van der Waals surface area contributed by atoms with Crippen LogP contribution in [-0.4, -0.2) is 64.0 Å². The van der Waals surface area contributed by atoms with Crippen molar-refractivity contribution in [3.05, 3.63) is 81.0 Å². The van der Waals surface area contributed by atoms with Gasteiger partial charge in [-0.2, -0.15) is 0 Å². The minimum absolute atomic E-state index is 0.00296. The number of hydrogen-bond donors (Lipinski definition) is 9. The van der Waals surface area contributed by atoms with Crippen molar-refractivity contribution in [3.8, 4) is 51.7 Å². The zero-order valence-corrected chi connectivity index (χ0v) is 22.1. The van der Waals surface area contributed by atoms with Crippen molar-refractivity contribution >= 4 is 28.8 Å². The monoisotopic (exact) mass is 606 g/mol. The Labute approximate surface area is 245 Å². The quantitative estimate of drug-likeness (QED) is 0.0900. The van der Waals surface area contributed by atoms with Crippen LogP contribution in [0.5, 0.6) is 51.7 Å². The number of aliphatic carboxylic acids is 1. The molecule has 1 aliphatic rings. The lowest BCUT2D eigenvalue weighted by atomic mass is 9.93. The number of fused-ring (bicyclic) bond motifs is 2. The highest BCUT2D eigenvalue weighted by Crippen LogP contribution is 2.46. The number of rotatable bonds is 5. The molecule has 0 unspecified atom stereocenters. The maximum Gasteiger partial charge on any atom is 0.338 e. The molecule has 4 aromatic carbocycles. The first-order chi connectivity index (χ1) is 20.7. The van der Waals surface area contributed by atoms with E-state index in [-0.39, 0.29) is 40.0 Å². The van der Waals surface area contributed by atoms with E-state index in [9.17, 15) is 55.2 Å². The van der Waals surface area contributed by atoms with Gasteiger partial charge in [-0.15, -0.1) is 0 Å². The van der Waals surface area contributed by atoms with Gasteiger partial charge in [-0.25, -0.2) is 9.59 Å². The van der Waals surface area contributed by atoms with Crippen molar-refractivity contribution < 1.29 is 65.0 Å². The first kappa shape index (κ1) is 29.2. The molecule has 0 radical (unpaired) electrons. The average molecular weight is 606 g/mol. The van der Waals surface area contributed by atoms with Gasteiger partial charge >= 0.3 is 11.9 Å². The molecule has 226 valence electrons. The fourth-order valence-electron chi connectivity index (χ4n) is 4.86. The molecular weight excluding hydrogens is 584 g/mol. The number of carbonyl (C=O) groups is 2. The summed E-state index contributed by atoms with van der Waals surface area (Å²) in [7, 11) is 0. The molecule has 0 saturated carbocycles. The lowest BCUT2D eigenvalue weighted by Gasteiger charge is -2.34. The standard InChI is InChI=1S/C30H22O14/c31-14-8-17(32)16-10-23(29(43-22(16)9-14)12-5-18(33)26(39)19(34)6-12)44-30(42)13-3-15-11(1-2-24(37)38)4-20(35)27(40)25(15)28(41)21(36)7-13/h1-9,23,29,31-35,39-40H,10H2,(H,36,41)(H,37,38)/b2-1+/t23-,29-/m1/s1. The van der Waals surface area contributed by atoms with Gasteiger partial charge in [0.2, 0.25) is 5.43 Å². The summed E-state index contributed by atoms with van der Waals surface area (Å²) in [6.45, 7) is 0. The van der Waals surface area contributed by atoms with Gasteiger partial charge in [0, 0.05) is 41.8 Å². The van der Waals surface area contributed by atoms with Crippen molar-refractivity contribution in [1.82, 2.24) is 0 Å². The van der Waals surface area contributed by atoms with E-state index in [4.69, 9.17) is 14.6 Å². The Morgan fingerprint density at radius 2 is 1.45 bits per heavy atom. The number of carboxylic acid groups (broad SMARTS) is 1. The molecule has 14 heteroatoms. The molecule has 0 fully saturated rings. The van der Waals surface area contributed by atoms with E-state index < -0.39 is 80.8 Å². The molecule has 14 nitrogen and oxygen atoms in total. The predicted octanol–water partition coefficient (Wildman–Crippen LogP) is 2.84. The summed E-state index contributed by atoms with van der Waals surface area (Å²) >= 11 is 0. The molecule has 0 aliphatic carbocycles. The molecule has 0 spiro atoms. The van der Waals surface area contributed by atoms with Gasteiger partial charge in [-0.05, 0) is 41.3 Å². The number of phenolic OH excluding ortho intramolecular Hbond substituents is 7. The molecule has 9 N–H and O–H groups in total. The summed E-state index contributed by atoms with van der Waals surface area (Å²) < 4.78 is 11.6. The molecule has 0 saturated heterocycles. The molecule has 0 aromatic heterocycles. The molecular formula is C30H22O14. The number of aromatic hydroxyl groups is 8. The van der Waals surface area contributed by atoms with Crippen LogP contribution in [-0.2, 0) is 16.0 Å². The van der Waals surface area contributed by atoms with E-state index >= 15 is 0 Å². The summed E-state index contributed by atoms with van der Waals surface area (Å²) in [5, 5.41) is 89.7. The van der Waals surface area contributed by atoms with Gasteiger partial charge in [0.25, 0.3) is 0 Å². The third-order valence-corrected chi connectivity index (χ3v) is 6.90. The lowest BCUT2D eigenvalue weighted by Crippen LogP contribution is -2.34. The molecule has 0 amide bonds. The van der Waals surface area contributed by atoms with E-state index in [1.165, 1.54) is 6.07 Å². The minimum Gasteiger partial charge on any atom is -0.508 e. The topological polar surface area (TPSA) is 252 Å². The van der Waals surface area contributed by atoms with Crippen molar-refractivity contribution in [2.75, 3.05) is 0 Å². The molecule has 1 aliphatic heterocycles. The lowest BCUT2D eigenvalue weighted by molar-refractivity contribution is -0.131. The third kappa shape index (κ3) is 5.22. The third-order valence-electron chi connectivity index (χ3n) is 6.90. The first-order valence-corrected chi connectivity index (χ1v) is 12.6. The van der Waals surface area contributed by atoms with Crippen molar-refractivity contribution in [3.63, 3.8) is 0 Å². The Kier molecular flexibility index (Phi) is 7.19. The number of benzene rings is 3. The van der Waals surface area contributed by atoms with Crippen molar-refractivity contribution in [2.45, 2.75) is 18.6 Å². The zero-order chi connectivity index (χ0) is 32.0. The highest BCUT2D eigenvalue weighted by atomic mass is 16.6. The van der Waals surface area contributed by atoms with Crippen LogP contribution in [0.3, 0.4) is 0 Å². The van der Waals surface area contributed by atoms with Gasteiger partial charge < -0.3 is 55.4 Å². The fraction of sp³-hybridized carbons (Fsp3) is 0.100. The van der Waals surface area contributed by atoms with Gasteiger partial charge in [-0.3, -0.25) is 4.79 Å². The van der Waals surface area contributed by atoms with Gasteiger partial charge in [0.1, 0.15) is 23.4 Å². The van der Waals surface area contributed by atoms with E-state index in [0.29, 0.717) is 12.1 Å². The second-order valence-corrected chi connectivity index (χ2v) is 9.79. The normalized spacial score (nSPS) is 15.9. The second-order valence-electron chi connectivity index (χ2n) is 9.79. The highest BCUT2D eigenvalue weighted by Gasteiger charge is 2.37. The van der Waals surface area contributed by atoms with Crippen molar-refractivity contribution in [2.24, 2.45) is 0 Å². The molecule has 1 heterocycles. The number of carbonyl (C=O) groups excluding carboxylic acids is 1. The van der Waals surface area contributed by atoms with Crippen LogP contribution in [0.1, 0.15) is 33.2 Å². The summed E-state index contributed by atoms with van der Waals surface area (Å²) in [5.41, 5.74) is -1.67. The fourth-order valence-corrected chi connectivity index (χ4v) is 4.86. The van der Waals surface area contributed by atoms with E-state index in [1.54, 1.807) is 0 Å². The van der Waals surface area contributed by atoms with Gasteiger partial charge in [0.15, 0.2) is 40.6 Å². The van der Waals surface area contributed by atoms with Crippen LogP contribution in [0, 0.1) is 0 Å². The molecule has 2 atom stereocenters. The predicted molar refractivity (Wildman–Crippen MR) is 149 cm³/mol. The number of hydrogen-bond acceptors (Lipinski definition) is 13. The van der Waals surface area contributed by atoms with Gasteiger partial charge in [-0.1, -0.05) is 0 Å². The first-order valence-electron chi connectivity index (χ1n) is 12.6. The van der Waals surface area contributed by atoms with Crippen LogP contribution < -0.4 is 10.2 Å². The zero-order valence-electron chi connectivity index (χ0n) is 22.1. The SMILES string of the molecule is O=C(O)/C=C/c1cc(O)c(O)c2c(O)c(=O)cc(C(=O)O[C@@H]3Cc4c(O)cc(O)cc4O[C@@H]3c3cc(O)c(O)c(O)c3)cc12. The summed E-state index contributed by atoms with van der Waals surface area (Å²) in [4.78, 5) is 37.5. The number of carboxylic acids is 1. The van der Waals surface area contributed by atoms with Crippen LogP contribution >= 0.6 is 0 Å². The molecule has 4 aromatic rings. The maximum absolute atomic E-state index is 13.5. The number of esters is 1. The van der Waals surface area contributed by atoms with Crippen LogP contribution in [0.4, 0.5) is 0 Å². The minimum atomic E-state index is -1.38.